The number of nitrogens with zero attached hydrogens (tertiary/aromatic N) is 1. The van der Waals surface area contributed by atoms with Gasteiger partial charge in [-0.3, -0.25) is 4.99 Å². The lowest BCUT2D eigenvalue weighted by atomic mass is 10.2. The number of nitrogens with one attached hydrogen (secondary N) is 1. The zero-order valence-electron chi connectivity index (χ0n) is 10.8. The summed E-state index contributed by atoms with van der Waals surface area (Å²) in [5.74, 6) is -2.45. The normalized spacial score (nSPS) is 19.9. The van der Waals surface area contributed by atoms with E-state index >= 15 is 0 Å². The Kier molecular flexibility index (Phi) is 5.23. The number of alkyl halides is 6. The van der Waals surface area contributed by atoms with Crippen molar-refractivity contribution < 1.29 is 35.8 Å². The molecule has 0 amide bonds. The van der Waals surface area contributed by atoms with Gasteiger partial charge in [0.1, 0.15) is 13.2 Å². The van der Waals surface area contributed by atoms with E-state index in [0.29, 0.717) is 6.21 Å². The van der Waals surface area contributed by atoms with Crippen LogP contribution in [-0.4, -0.2) is 43.7 Å². The molecule has 0 radical (unpaired) electrons. The summed E-state index contributed by atoms with van der Waals surface area (Å²) in [6, 6.07) is -0.572. The number of hydrogen-bond acceptors (Lipinski definition) is 5. The van der Waals surface area contributed by atoms with Gasteiger partial charge in [0, 0.05) is 12.2 Å². The number of aliphatic imine (C=N–C) groups is 1. The summed E-state index contributed by atoms with van der Waals surface area (Å²) in [4.78, 5) is 3.65. The summed E-state index contributed by atoms with van der Waals surface area (Å²) >= 11 is 0. The van der Waals surface area contributed by atoms with Gasteiger partial charge in [-0.1, -0.05) is 0 Å². The molecule has 0 spiro atoms. The number of rotatable bonds is 5. The van der Waals surface area contributed by atoms with Crippen LogP contribution in [0.2, 0.25) is 0 Å². The van der Waals surface area contributed by atoms with E-state index in [1.165, 1.54) is 6.92 Å². The van der Waals surface area contributed by atoms with Gasteiger partial charge >= 0.3 is 12.4 Å². The van der Waals surface area contributed by atoms with Crippen molar-refractivity contribution in [1.82, 2.24) is 5.32 Å². The molecule has 0 aliphatic carbocycles. The predicted octanol–water partition coefficient (Wildman–Crippen LogP) is 1.66. The van der Waals surface area contributed by atoms with Crippen molar-refractivity contribution in [2.45, 2.75) is 31.2 Å². The molecule has 1 atom stereocenters. The Morgan fingerprint density at radius 3 is 1.95 bits per heavy atom. The largest absolute Gasteiger partial charge is 0.412 e. The van der Waals surface area contributed by atoms with Crippen molar-refractivity contribution in [2.75, 3.05) is 13.2 Å². The van der Waals surface area contributed by atoms with E-state index in [-0.39, 0.29) is 5.70 Å². The Morgan fingerprint density at radius 1 is 1.19 bits per heavy atom. The summed E-state index contributed by atoms with van der Waals surface area (Å²) in [7, 11) is 0. The third kappa shape index (κ3) is 6.31. The topological polar surface area (TPSA) is 68.9 Å². The predicted molar refractivity (Wildman–Crippen MR) is 60.1 cm³/mol. The fourth-order valence-corrected chi connectivity index (χ4v) is 1.24. The lowest BCUT2D eigenvalue weighted by molar-refractivity contribution is -0.288. The summed E-state index contributed by atoms with van der Waals surface area (Å²) < 4.78 is 81.6. The molecule has 0 unspecified atom stereocenters. The maximum Gasteiger partial charge on any atom is 0.412 e. The molecule has 5 nitrogen and oxygen atoms in total. The molecule has 0 aromatic rings. The molecule has 0 saturated carbocycles. The second-order valence-electron chi connectivity index (χ2n) is 4.24. The number of hydrogen-bond donors (Lipinski definition) is 2. The zero-order chi connectivity index (χ0) is 16.3. The van der Waals surface area contributed by atoms with Crippen LogP contribution in [0, 0.1) is 0 Å². The second kappa shape index (κ2) is 6.20. The third-order valence-corrected chi connectivity index (χ3v) is 2.17. The summed E-state index contributed by atoms with van der Waals surface area (Å²) in [6.45, 7) is -2.10. The van der Waals surface area contributed by atoms with E-state index in [1.54, 1.807) is 0 Å². The van der Waals surface area contributed by atoms with Gasteiger partial charge in [-0.2, -0.15) is 26.3 Å². The molecule has 0 bridgehead atoms. The zero-order valence-corrected chi connectivity index (χ0v) is 10.8. The van der Waals surface area contributed by atoms with Crippen LogP contribution in [0.25, 0.3) is 0 Å². The van der Waals surface area contributed by atoms with Crippen molar-refractivity contribution >= 4 is 6.21 Å². The van der Waals surface area contributed by atoms with Gasteiger partial charge in [-0.05, 0) is 6.92 Å². The summed E-state index contributed by atoms with van der Waals surface area (Å²) in [6.07, 6.45) is -7.77. The molecule has 122 valence electrons. The first-order chi connectivity index (χ1) is 9.43. The minimum absolute atomic E-state index is 0.219. The molecule has 1 heterocycles. The summed E-state index contributed by atoms with van der Waals surface area (Å²) in [5, 5.41) is 2.17. The molecule has 11 heteroatoms. The number of halogens is 6. The average Bonchev–Trinajstić information content (AvgIpc) is 2.33. The van der Waals surface area contributed by atoms with Crippen molar-refractivity contribution in [3.05, 3.63) is 11.9 Å². The molecule has 1 rings (SSSR count). The molecule has 0 aromatic carbocycles. The van der Waals surface area contributed by atoms with Gasteiger partial charge < -0.3 is 20.5 Å². The minimum Gasteiger partial charge on any atom is -0.334 e. The molecule has 1 aliphatic rings. The maximum absolute atomic E-state index is 12.1. The van der Waals surface area contributed by atoms with Crippen LogP contribution >= 0.6 is 0 Å². The van der Waals surface area contributed by atoms with Crippen LogP contribution in [0.3, 0.4) is 0 Å². The fourth-order valence-electron chi connectivity index (χ4n) is 1.24. The fraction of sp³-hybridized carbons (Fsp3) is 0.700. The first-order valence-corrected chi connectivity index (χ1v) is 5.62. The highest BCUT2D eigenvalue weighted by Crippen LogP contribution is 2.24. The van der Waals surface area contributed by atoms with Crippen LogP contribution in [-0.2, 0) is 9.47 Å². The highest BCUT2D eigenvalue weighted by atomic mass is 19.4. The molecular weight excluding hydrogens is 308 g/mol. The molecule has 0 saturated heterocycles. The van der Waals surface area contributed by atoms with Crippen molar-refractivity contribution in [2.24, 2.45) is 10.7 Å². The standard InChI is InChI=1S/C10H13F6N3O2/c1-6(17)7-2-19-10(3-18-7,20-4-8(11,12)13)21-5-9(14,15)16/h2-3,6,19H,4-5,17H2,1H3/t6-/m1/s1. The lowest BCUT2D eigenvalue weighted by Crippen LogP contribution is -2.54. The smallest absolute Gasteiger partial charge is 0.334 e. The molecule has 1 aliphatic heterocycles. The SMILES string of the molecule is C[C@@H](N)C1=CNC(OCC(F)(F)F)(OCC(F)(F)F)C=N1. The molecular formula is C10H13F6N3O2. The van der Waals surface area contributed by atoms with E-state index in [9.17, 15) is 26.3 Å². The van der Waals surface area contributed by atoms with E-state index in [1.807, 2.05) is 0 Å². The van der Waals surface area contributed by atoms with E-state index < -0.39 is 37.5 Å². The maximum atomic E-state index is 12.1. The van der Waals surface area contributed by atoms with E-state index in [2.05, 4.69) is 19.8 Å². The van der Waals surface area contributed by atoms with Crippen molar-refractivity contribution in [3.8, 4) is 0 Å². The van der Waals surface area contributed by atoms with Crippen LogP contribution in [0.5, 0.6) is 0 Å². The van der Waals surface area contributed by atoms with Crippen LogP contribution < -0.4 is 11.1 Å². The van der Waals surface area contributed by atoms with Crippen molar-refractivity contribution in [3.63, 3.8) is 0 Å². The first kappa shape index (κ1) is 17.7. The molecule has 0 aromatic heterocycles. The number of ether oxygens (including phenoxy) is 2. The Bertz CT molecular complexity index is 398. The van der Waals surface area contributed by atoms with Gasteiger partial charge in [0.25, 0.3) is 5.91 Å². The van der Waals surface area contributed by atoms with Crippen LogP contribution in [0.15, 0.2) is 16.9 Å². The Hall–Kier alpha value is -1.33. The monoisotopic (exact) mass is 321 g/mol. The van der Waals surface area contributed by atoms with E-state index in [4.69, 9.17) is 5.73 Å². The Balaban J connectivity index is 2.80. The quantitative estimate of drug-likeness (QED) is 0.597. The molecule has 0 fully saturated rings. The van der Waals surface area contributed by atoms with Crippen LogP contribution in [0.1, 0.15) is 6.92 Å². The average molecular weight is 321 g/mol. The van der Waals surface area contributed by atoms with Crippen LogP contribution in [0.4, 0.5) is 26.3 Å². The second-order valence-corrected chi connectivity index (χ2v) is 4.24. The van der Waals surface area contributed by atoms with Gasteiger partial charge in [0.2, 0.25) is 0 Å². The minimum atomic E-state index is -4.74. The highest BCUT2D eigenvalue weighted by Gasteiger charge is 2.41. The molecule has 3 N–H and O–H groups in total. The van der Waals surface area contributed by atoms with E-state index in [0.717, 1.165) is 6.20 Å². The Labute approximate surface area is 115 Å². The van der Waals surface area contributed by atoms with Gasteiger partial charge in [-0.15, -0.1) is 0 Å². The number of nitrogens with two attached hydrogens (primary N) is 1. The van der Waals surface area contributed by atoms with Gasteiger partial charge in [-0.25, -0.2) is 0 Å². The third-order valence-electron chi connectivity index (χ3n) is 2.17. The van der Waals surface area contributed by atoms with Gasteiger partial charge in [0.05, 0.1) is 11.9 Å². The first-order valence-electron chi connectivity index (χ1n) is 5.62. The molecule has 21 heavy (non-hydrogen) atoms. The van der Waals surface area contributed by atoms with Gasteiger partial charge in [0.15, 0.2) is 0 Å². The highest BCUT2D eigenvalue weighted by molar-refractivity contribution is 5.69. The Morgan fingerprint density at radius 2 is 1.67 bits per heavy atom. The summed E-state index contributed by atoms with van der Waals surface area (Å²) in [5.41, 5.74) is 5.70. The van der Waals surface area contributed by atoms with Crippen molar-refractivity contribution in [1.29, 1.82) is 0 Å². The lowest BCUT2D eigenvalue weighted by Gasteiger charge is -2.33.